The molecule has 4 heteroatoms. The molecule has 1 amide bonds. The lowest BCUT2D eigenvalue weighted by atomic mass is 10.1. The van der Waals surface area contributed by atoms with Crippen molar-refractivity contribution < 1.29 is 4.79 Å². The third-order valence-corrected chi connectivity index (χ3v) is 3.79. The molecular weight excluding hydrogens is 328 g/mol. The number of hydrogen-bond donors (Lipinski definition) is 2. The molecule has 0 atom stereocenters. The number of amides is 1. The highest BCUT2D eigenvalue weighted by molar-refractivity contribution is 9.10. The summed E-state index contributed by atoms with van der Waals surface area (Å²) in [5.74, 6) is -0.0497. The Hall–Kier alpha value is -1.81. The second-order valence-corrected chi connectivity index (χ2v) is 5.79. The molecule has 2 aromatic carbocycles. The number of para-hydroxylation sites is 1. The van der Waals surface area contributed by atoms with Crippen LogP contribution in [0.2, 0.25) is 0 Å². The molecule has 2 aromatic rings. The first-order chi connectivity index (χ1) is 10.1. The van der Waals surface area contributed by atoms with E-state index in [2.05, 4.69) is 39.6 Å². The minimum Gasteiger partial charge on any atom is -0.376 e. The molecule has 0 unspecified atom stereocenters. The quantitative estimate of drug-likeness (QED) is 0.843. The molecule has 110 valence electrons. The lowest BCUT2D eigenvalue weighted by molar-refractivity contribution is -0.114. The van der Waals surface area contributed by atoms with E-state index in [9.17, 15) is 4.79 Å². The predicted molar refractivity (Wildman–Crippen MR) is 91.8 cm³/mol. The minimum atomic E-state index is -0.0497. The molecule has 2 N–H and O–H groups in total. The van der Waals surface area contributed by atoms with Crippen molar-refractivity contribution in [2.45, 2.75) is 20.3 Å². The van der Waals surface area contributed by atoms with Gasteiger partial charge in [0, 0.05) is 15.8 Å². The number of halogens is 1. The highest BCUT2D eigenvalue weighted by Gasteiger charge is 2.06. The van der Waals surface area contributed by atoms with Crippen LogP contribution in [0.25, 0.3) is 0 Å². The number of aryl methyl sites for hydroxylation is 2. The van der Waals surface area contributed by atoms with Gasteiger partial charge in [0.15, 0.2) is 0 Å². The van der Waals surface area contributed by atoms with Gasteiger partial charge in [0.2, 0.25) is 5.91 Å². The fourth-order valence-corrected chi connectivity index (χ4v) is 2.61. The SMILES string of the molecule is CCc1ccccc1NCC(=O)Nc1ccc(Br)cc1C. The molecule has 0 radical (unpaired) electrons. The summed E-state index contributed by atoms with van der Waals surface area (Å²) in [6.45, 7) is 4.33. The number of anilines is 2. The van der Waals surface area contributed by atoms with Gasteiger partial charge in [-0.25, -0.2) is 0 Å². The van der Waals surface area contributed by atoms with Gasteiger partial charge < -0.3 is 10.6 Å². The van der Waals surface area contributed by atoms with E-state index >= 15 is 0 Å². The molecule has 0 aromatic heterocycles. The van der Waals surface area contributed by atoms with E-state index in [0.29, 0.717) is 0 Å². The molecule has 0 aliphatic heterocycles. The van der Waals surface area contributed by atoms with Crippen LogP contribution in [-0.4, -0.2) is 12.5 Å². The lowest BCUT2D eigenvalue weighted by Crippen LogP contribution is -2.22. The fourth-order valence-electron chi connectivity index (χ4n) is 2.14. The average Bonchev–Trinajstić information content (AvgIpc) is 2.48. The Morgan fingerprint density at radius 1 is 1.14 bits per heavy atom. The number of rotatable bonds is 5. The summed E-state index contributed by atoms with van der Waals surface area (Å²) < 4.78 is 1.01. The smallest absolute Gasteiger partial charge is 0.243 e. The van der Waals surface area contributed by atoms with Gasteiger partial charge in [-0.1, -0.05) is 41.1 Å². The van der Waals surface area contributed by atoms with Crippen molar-refractivity contribution in [1.82, 2.24) is 0 Å². The second-order valence-electron chi connectivity index (χ2n) is 4.87. The van der Waals surface area contributed by atoms with Crippen molar-refractivity contribution in [3.8, 4) is 0 Å². The third-order valence-electron chi connectivity index (χ3n) is 3.30. The number of carbonyl (C=O) groups excluding carboxylic acids is 1. The van der Waals surface area contributed by atoms with Gasteiger partial charge in [0.1, 0.15) is 0 Å². The molecule has 0 saturated carbocycles. The average molecular weight is 347 g/mol. The maximum absolute atomic E-state index is 12.0. The summed E-state index contributed by atoms with van der Waals surface area (Å²) in [4.78, 5) is 12.0. The van der Waals surface area contributed by atoms with Crippen LogP contribution in [0, 0.1) is 6.92 Å². The second kappa shape index (κ2) is 7.27. The summed E-state index contributed by atoms with van der Waals surface area (Å²) in [7, 11) is 0. The van der Waals surface area contributed by atoms with E-state index in [0.717, 1.165) is 27.8 Å². The summed E-state index contributed by atoms with van der Waals surface area (Å²) >= 11 is 3.41. The molecule has 0 aliphatic carbocycles. The lowest BCUT2D eigenvalue weighted by Gasteiger charge is -2.12. The zero-order valence-electron chi connectivity index (χ0n) is 12.2. The standard InChI is InChI=1S/C17H19BrN2O/c1-3-13-6-4-5-7-16(13)19-11-17(21)20-15-9-8-14(18)10-12(15)2/h4-10,19H,3,11H2,1-2H3,(H,20,21). The Kier molecular flexibility index (Phi) is 5.39. The fraction of sp³-hybridized carbons (Fsp3) is 0.235. The first kappa shape index (κ1) is 15.6. The van der Waals surface area contributed by atoms with Crippen LogP contribution in [0.5, 0.6) is 0 Å². The predicted octanol–water partition coefficient (Wildman–Crippen LogP) is 4.37. The molecule has 0 heterocycles. The Bertz CT molecular complexity index is 640. The maximum atomic E-state index is 12.0. The van der Waals surface area contributed by atoms with Gasteiger partial charge in [-0.15, -0.1) is 0 Å². The number of hydrogen-bond acceptors (Lipinski definition) is 2. The molecule has 21 heavy (non-hydrogen) atoms. The van der Waals surface area contributed by atoms with Crippen molar-refractivity contribution in [2.75, 3.05) is 17.2 Å². The molecule has 0 spiro atoms. The third kappa shape index (κ3) is 4.33. The van der Waals surface area contributed by atoms with E-state index in [1.165, 1.54) is 5.56 Å². The highest BCUT2D eigenvalue weighted by Crippen LogP contribution is 2.20. The molecule has 2 rings (SSSR count). The van der Waals surface area contributed by atoms with Crippen molar-refractivity contribution >= 4 is 33.2 Å². The molecule has 0 bridgehead atoms. The molecule has 3 nitrogen and oxygen atoms in total. The van der Waals surface area contributed by atoms with Crippen LogP contribution in [0.3, 0.4) is 0 Å². The van der Waals surface area contributed by atoms with Crippen LogP contribution in [0.15, 0.2) is 46.9 Å². The van der Waals surface area contributed by atoms with E-state index in [4.69, 9.17) is 0 Å². The Morgan fingerprint density at radius 2 is 1.90 bits per heavy atom. The molecule has 0 saturated heterocycles. The zero-order valence-corrected chi connectivity index (χ0v) is 13.8. The first-order valence-corrected chi connectivity index (χ1v) is 7.77. The van der Waals surface area contributed by atoms with Gasteiger partial charge in [-0.3, -0.25) is 4.79 Å². The maximum Gasteiger partial charge on any atom is 0.243 e. The number of benzene rings is 2. The van der Waals surface area contributed by atoms with Crippen molar-refractivity contribution in [1.29, 1.82) is 0 Å². The van der Waals surface area contributed by atoms with Crippen LogP contribution < -0.4 is 10.6 Å². The van der Waals surface area contributed by atoms with E-state index in [1.807, 2.05) is 43.3 Å². The van der Waals surface area contributed by atoms with Gasteiger partial charge in [-0.05, 0) is 48.7 Å². The van der Waals surface area contributed by atoms with Crippen LogP contribution in [0.4, 0.5) is 11.4 Å². The number of carbonyl (C=O) groups is 1. The Balaban J connectivity index is 1.96. The van der Waals surface area contributed by atoms with Crippen molar-refractivity contribution in [2.24, 2.45) is 0 Å². The summed E-state index contributed by atoms with van der Waals surface area (Å²) in [6, 6.07) is 13.8. The molecule has 0 fully saturated rings. The minimum absolute atomic E-state index is 0.0497. The van der Waals surface area contributed by atoms with Crippen LogP contribution in [-0.2, 0) is 11.2 Å². The highest BCUT2D eigenvalue weighted by atomic mass is 79.9. The Morgan fingerprint density at radius 3 is 2.62 bits per heavy atom. The number of nitrogens with one attached hydrogen (secondary N) is 2. The normalized spacial score (nSPS) is 10.2. The van der Waals surface area contributed by atoms with Crippen molar-refractivity contribution in [3.05, 3.63) is 58.1 Å². The van der Waals surface area contributed by atoms with E-state index in [-0.39, 0.29) is 12.5 Å². The monoisotopic (exact) mass is 346 g/mol. The van der Waals surface area contributed by atoms with Crippen LogP contribution in [0.1, 0.15) is 18.1 Å². The van der Waals surface area contributed by atoms with E-state index < -0.39 is 0 Å². The topological polar surface area (TPSA) is 41.1 Å². The van der Waals surface area contributed by atoms with Gasteiger partial charge in [0.05, 0.1) is 6.54 Å². The first-order valence-electron chi connectivity index (χ1n) is 6.98. The van der Waals surface area contributed by atoms with Crippen LogP contribution >= 0.6 is 15.9 Å². The van der Waals surface area contributed by atoms with Gasteiger partial charge in [-0.2, -0.15) is 0 Å². The van der Waals surface area contributed by atoms with Crippen molar-refractivity contribution in [3.63, 3.8) is 0 Å². The van der Waals surface area contributed by atoms with Gasteiger partial charge >= 0.3 is 0 Å². The largest absolute Gasteiger partial charge is 0.376 e. The van der Waals surface area contributed by atoms with E-state index in [1.54, 1.807) is 0 Å². The molecule has 0 aliphatic rings. The zero-order chi connectivity index (χ0) is 15.2. The summed E-state index contributed by atoms with van der Waals surface area (Å²) in [5, 5.41) is 6.12. The summed E-state index contributed by atoms with van der Waals surface area (Å²) in [6.07, 6.45) is 0.941. The Labute approximate surface area is 133 Å². The summed E-state index contributed by atoms with van der Waals surface area (Å²) in [5.41, 5.74) is 4.10. The molecular formula is C17H19BrN2O. The van der Waals surface area contributed by atoms with Gasteiger partial charge in [0.25, 0.3) is 0 Å².